The van der Waals surface area contributed by atoms with Gasteiger partial charge in [-0.15, -0.1) is 10.2 Å². The first-order chi connectivity index (χ1) is 17.1. The highest BCUT2D eigenvalue weighted by molar-refractivity contribution is 7.99. The molecule has 0 spiro atoms. The minimum atomic E-state index is -0.0733. The monoisotopic (exact) mass is 495 g/mol. The van der Waals surface area contributed by atoms with Gasteiger partial charge in [0.15, 0.2) is 11.0 Å². The van der Waals surface area contributed by atoms with Crippen LogP contribution in [0.4, 0.5) is 0 Å². The van der Waals surface area contributed by atoms with Gasteiger partial charge in [-0.05, 0) is 63.2 Å². The van der Waals surface area contributed by atoms with Crippen LogP contribution in [-0.2, 0) is 11.3 Å². The van der Waals surface area contributed by atoms with Crippen LogP contribution in [0.3, 0.4) is 0 Å². The fourth-order valence-corrected chi connectivity index (χ4v) is 5.10. The lowest BCUT2D eigenvalue weighted by atomic mass is 10.1. The Morgan fingerprint density at radius 2 is 1.77 bits per heavy atom. The Morgan fingerprint density at radius 1 is 1.03 bits per heavy atom. The number of rotatable bonds is 10. The summed E-state index contributed by atoms with van der Waals surface area (Å²) < 4.78 is 12.8. The first kappa shape index (κ1) is 25.1. The number of hydrogen-bond acceptors (Lipinski definition) is 7. The van der Waals surface area contributed by atoms with E-state index in [0.29, 0.717) is 11.7 Å². The molecule has 1 aliphatic rings. The molecule has 1 amide bonds. The molecular formula is C26H33N5O3S. The molecule has 3 aromatic rings. The highest BCUT2D eigenvalue weighted by Gasteiger charge is 2.26. The van der Waals surface area contributed by atoms with E-state index in [1.54, 1.807) is 14.2 Å². The number of benzene rings is 2. The Morgan fingerprint density at radius 3 is 2.49 bits per heavy atom. The highest BCUT2D eigenvalue weighted by Crippen LogP contribution is 2.30. The molecular weight excluding hydrogens is 462 g/mol. The van der Waals surface area contributed by atoms with Gasteiger partial charge in [0, 0.05) is 17.8 Å². The second-order valence-corrected chi connectivity index (χ2v) is 9.47. The Labute approximate surface area is 211 Å². The van der Waals surface area contributed by atoms with Gasteiger partial charge in [0.25, 0.3) is 0 Å². The molecule has 2 aromatic carbocycles. The molecule has 1 aliphatic heterocycles. The minimum Gasteiger partial charge on any atom is -0.497 e. The number of likely N-dealkylation sites (tertiary alicyclic amines) is 1. The Balaban J connectivity index is 1.50. The molecule has 9 heteroatoms. The lowest BCUT2D eigenvalue weighted by Gasteiger charge is -2.31. The van der Waals surface area contributed by atoms with Crippen molar-refractivity contribution in [3.05, 3.63) is 59.9 Å². The minimum absolute atomic E-state index is 0.0733. The van der Waals surface area contributed by atoms with Gasteiger partial charge in [-0.2, -0.15) is 0 Å². The number of methoxy groups -OCH3 is 2. The Bertz CT molecular complexity index is 1110. The molecule has 1 atom stereocenters. The van der Waals surface area contributed by atoms with Crippen LogP contribution in [0.1, 0.15) is 43.6 Å². The van der Waals surface area contributed by atoms with Crippen molar-refractivity contribution >= 4 is 17.7 Å². The average molecular weight is 496 g/mol. The molecule has 8 nitrogen and oxygen atoms in total. The van der Waals surface area contributed by atoms with E-state index in [1.165, 1.54) is 31.0 Å². The van der Waals surface area contributed by atoms with Gasteiger partial charge >= 0.3 is 0 Å². The van der Waals surface area contributed by atoms with E-state index < -0.39 is 0 Å². The quantitative estimate of drug-likeness (QED) is 0.421. The topological polar surface area (TPSA) is 81.5 Å². The molecule has 0 saturated carbocycles. The predicted octanol–water partition coefficient (Wildman–Crippen LogP) is 4.24. The van der Waals surface area contributed by atoms with Crippen LogP contribution in [0.2, 0.25) is 0 Å². The smallest absolute Gasteiger partial charge is 0.230 e. The summed E-state index contributed by atoms with van der Waals surface area (Å²) in [5, 5.41) is 12.7. The molecule has 1 N–H and O–H groups in total. The molecule has 0 unspecified atom stereocenters. The van der Waals surface area contributed by atoms with E-state index in [9.17, 15) is 4.79 Å². The summed E-state index contributed by atoms with van der Waals surface area (Å²) in [4.78, 5) is 15.1. The molecule has 1 aromatic heterocycles. The van der Waals surface area contributed by atoms with Crippen LogP contribution in [0, 0.1) is 0 Å². The van der Waals surface area contributed by atoms with Crippen molar-refractivity contribution in [2.45, 2.75) is 43.9 Å². The van der Waals surface area contributed by atoms with Crippen molar-refractivity contribution in [3.8, 4) is 17.2 Å². The van der Waals surface area contributed by atoms with Gasteiger partial charge in [0.05, 0.1) is 26.0 Å². The zero-order chi connectivity index (χ0) is 24.6. The molecule has 0 aliphatic carbocycles. The second kappa shape index (κ2) is 12.1. The number of piperidine rings is 1. The maximum absolute atomic E-state index is 12.7. The van der Waals surface area contributed by atoms with E-state index in [1.807, 2.05) is 48.5 Å². The fourth-order valence-electron chi connectivity index (χ4n) is 4.31. The summed E-state index contributed by atoms with van der Waals surface area (Å²) in [6.07, 6.45) is 3.68. The third-order valence-corrected chi connectivity index (χ3v) is 7.23. The number of carbonyl (C=O) groups excluding carboxylic acids is 1. The zero-order valence-electron chi connectivity index (χ0n) is 20.6. The number of thioether (sulfide) groups is 1. The van der Waals surface area contributed by atoms with Crippen LogP contribution in [-0.4, -0.2) is 58.6 Å². The van der Waals surface area contributed by atoms with Crippen molar-refractivity contribution in [3.63, 3.8) is 0 Å². The molecule has 1 fully saturated rings. The summed E-state index contributed by atoms with van der Waals surface area (Å²) >= 11 is 1.39. The number of hydrogen-bond donors (Lipinski definition) is 1. The summed E-state index contributed by atoms with van der Waals surface area (Å²) in [7, 11) is 3.29. The summed E-state index contributed by atoms with van der Waals surface area (Å²) in [6.45, 7) is 4.71. The first-order valence-corrected chi connectivity index (χ1v) is 12.9. The molecule has 0 radical (unpaired) electrons. The molecule has 186 valence electrons. The van der Waals surface area contributed by atoms with Gasteiger partial charge in [-0.1, -0.05) is 36.4 Å². The van der Waals surface area contributed by atoms with Crippen LogP contribution >= 0.6 is 11.8 Å². The fraction of sp³-hybridized carbons (Fsp3) is 0.423. The van der Waals surface area contributed by atoms with Crippen LogP contribution in [0.15, 0.2) is 53.7 Å². The lowest BCUT2D eigenvalue weighted by Crippen LogP contribution is -2.33. The second-order valence-electron chi connectivity index (χ2n) is 8.52. The number of para-hydroxylation sites is 1. The van der Waals surface area contributed by atoms with Crippen LogP contribution in [0.5, 0.6) is 11.5 Å². The van der Waals surface area contributed by atoms with Crippen LogP contribution < -0.4 is 14.8 Å². The number of nitrogens with zero attached hydrogens (tertiary/aromatic N) is 4. The molecule has 4 rings (SSSR count). The standard InChI is InChI=1S/C26H33N5O3S/c1-19(30-15-7-4-8-16-30)25-28-29-26(31(25)21-11-13-22(33-2)14-12-21)35-18-24(32)27-17-20-9-5-6-10-23(20)34-3/h5-6,9-14,19H,4,7-8,15-18H2,1-3H3,(H,27,32)/t19-/m1/s1. The largest absolute Gasteiger partial charge is 0.497 e. The Kier molecular flexibility index (Phi) is 8.65. The summed E-state index contributed by atoms with van der Waals surface area (Å²) in [5.74, 6) is 2.60. The highest BCUT2D eigenvalue weighted by atomic mass is 32.2. The number of amides is 1. The predicted molar refractivity (Wildman–Crippen MR) is 137 cm³/mol. The van der Waals surface area contributed by atoms with Gasteiger partial charge in [-0.3, -0.25) is 14.3 Å². The van der Waals surface area contributed by atoms with Gasteiger partial charge in [0.1, 0.15) is 11.5 Å². The van der Waals surface area contributed by atoms with E-state index in [0.717, 1.165) is 41.7 Å². The number of nitrogens with one attached hydrogen (secondary N) is 1. The molecule has 1 saturated heterocycles. The Hall–Kier alpha value is -3.04. The van der Waals surface area contributed by atoms with E-state index in [-0.39, 0.29) is 17.7 Å². The zero-order valence-corrected chi connectivity index (χ0v) is 21.4. The van der Waals surface area contributed by atoms with E-state index in [2.05, 4.69) is 31.9 Å². The van der Waals surface area contributed by atoms with E-state index in [4.69, 9.17) is 9.47 Å². The number of ether oxygens (including phenoxy) is 2. The number of carbonyl (C=O) groups is 1. The molecule has 0 bridgehead atoms. The van der Waals surface area contributed by atoms with Crippen molar-refractivity contribution < 1.29 is 14.3 Å². The lowest BCUT2D eigenvalue weighted by molar-refractivity contribution is -0.118. The maximum atomic E-state index is 12.7. The number of aromatic nitrogens is 3. The third kappa shape index (κ3) is 6.15. The first-order valence-electron chi connectivity index (χ1n) is 12.0. The molecule has 2 heterocycles. The van der Waals surface area contributed by atoms with Crippen molar-refractivity contribution in [2.75, 3.05) is 33.1 Å². The van der Waals surface area contributed by atoms with Crippen molar-refractivity contribution in [2.24, 2.45) is 0 Å². The van der Waals surface area contributed by atoms with Gasteiger partial charge < -0.3 is 14.8 Å². The van der Waals surface area contributed by atoms with Crippen molar-refractivity contribution in [1.29, 1.82) is 0 Å². The average Bonchev–Trinajstić information content (AvgIpc) is 3.34. The summed E-state index contributed by atoms with van der Waals surface area (Å²) in [5.41, 5.74) is 1.89. The van der Waals surface area contributed by atoms with Gasteiger partial charge in [-0.25, -0.2) is 0 Å². The molecule has 35 heavy (non-hydrogen) atoms. The van der Waals surface area contributed by atoms with E-state index >= 15 is 0 Å². The van der Waals surface area contributed by atoms with Gasteiger partial charge in [0.2, 0.25) is 5.91 Å². The summed E-state index contributed by atoms with van der Waals surface area (Å²) in [6, 6.07) is 15.7. The third-order valence-electron chi connectivity index (χ3n) is 6.30. The normalized spacial score (nSPS) is 14.9. The SMILES string of the molecule is COc1ccc(-n2c(SCC(=O)NCc3ccccc3OC)nnc2[C@@H](C)N2CCCCC2)cc1. The van der Waals surface area contributed by atoms with Crippen molar-refractivity contribution in [1.82, 2.24) is 25.0 Å². The van der Waals surface area contributed by atoms with Crippen LogP contribution in [0.25, 0.3) is 5.69 Å². The maximum Gasteiger partial charge on any atom is 0.230 e.